The quantitative estimate of drug-likeness (QED) is 0.395. The van der Waals surface area contributed by atoms with E-state index in [-0.39, 0.29) is 5.92 Å². The molecule has 0 amide bonds. The van der Waals surface area contributed by atoms with Gasteiger partial charge in [0.2, 0.25) is 0 Å². The first-order valence-electron chi connectivity index (χ1n) is 9.63. The van der Waals surface area contributed by atoms with Gasteiger partial charge in [0, 0.05) is 0 Å². The van der Waals surface area contributed by atoms with Gasteiger partial charge in [-0.15, -0.1) is 0 Å². The number of carboxylic acids is 1. The molecule has 0 radical (unpaired) electrons. The summed E-state index contributed by atoms with van der Waals surface area (Å²) in [5.74, 6) is 1.31. The van der Waals surface area contributed by atoms with Crippen molar-refractivity contribution < 1.29 is 9.90 Å². The summed E-state index contributed by atoms with van der Waals surface area (Å²) >= 11 is 0. The Hall–Kier alpha value is -0.530. The average molecular weight is 313 g/mol. The maximum atomic E-state index is 11.6. The molecule has 0 fully saturated rings. The van der Waals surface area contributed by atoms with Gasteiger partial charge in [0.25, 0.3) is 0 Å². The lowest BCUT2D eigenvalue weighted by Crippen LogP contribution is -2.19. The Balaban J connectivity index is 4.30. The average Bonchev–Trinajstić information content (AvgIpc) is 2.46. The number of carboxylic acid groups (broad SMARTS) is 1. The summed E-state index contributed by atoms with van der Waals surface area (Å²) < 4.78 is 0. The van der Waals surface area contributed by atoms with Gasteiger partial charge in [-0.25, -0.2) is 0 Å². The lowest BCUT2D eigenvalue weighted by atomic mass is 9.83. The number of rotatable bonds is 14. The zero-order valence-electron chi connectivity index (χ0n) is 15.7. The minimum Gasteiger partial charge on any atom is -0.481 e. The Kier molecular flexibility index (Phi) is 12.6. The van der Waals surface area contributed by atoms with E-state index in [1.54, 1.807) is 0 Å². The van der Waals surface area contributed by atoms with Gasteiger partial charge in [-0.2, -0.15) is 0 Å². The Labute approximate surface area is 139 Å². The zero-order chi connectivity index (χ0) is 17.0. The summed E-state index contributed by atoms with van der Waals surface area (Å²) in [6, 6.07) is 0. The van der Waals surface area contributed by atoms with Crippen molar-refractivity contribution in [3.8, 4) is 0 Å². The van der Waals surface area contributed by atoms with Crippen LogP contribution >= 0.6 is 0 Å². The molecule has 132 valence electrons. The van der Waals surface area contributed by atoms with E-state index in [1.165, 1.54) is 44.9 Å². The molecule has 0 aromatic rings. The molecule has 0 aliphatic heterocycles. The number of hydrogen-bond donors (Lipinski definition) is 1. The monoisotopic (exact) mass is 312 g/mol. The third-order valence-electron chi connectivity index (χ3n) is 4.87. The first kappa shape index (κ1) is 21.5. The van der Waals surface area contributed by atoms with E-state index in [4.69, 9.17) is 0 Å². The third kappa shape index (κ3) is 11.1. The molecule has 0 aromatic heterocycles. The van der Waals surface area contributed by atoms with Crippen molar-refractivity contribution in [1.29, 1.82) is 0 Å². The van der Waals surface area contributed by atoms with Gasteiger partial charge in [0.15, 0.2) is 0 Å². The molecule has 0 aliphatic carbocycles. The predicted molar refractivity (Wildman–Crippen MR) is 96.1 cm³/mol. The summed E-state index contributed by atoms with van der Waals surface area (Å²) in [6.45, 7) is 11.2. The molecule has 0 saturated carbocycles. The summed E-state index contributed by atoms with van der Waals surface area (Å²) in [4.78, 5) is 11.6. The minimum atomic E-state index is -0.575. The Morgan fingerprint density at radius 3 is 2.00 bits per heavy atom. The van der Waals surface area contributed by atoms with Crippen molar-refractivity contribution in [3.63, 3.8) is 0 Å². The fourth-order valence-corrected chi connectivity index (χ4v) is 3.27. The van der Waals surface area contributed by atoms with Gasteiger partial charge in [0.1, 0.15) is 0 Å². The van der Waals surface area contributed by atoms with Crippen molar-refractivity contribution in [2.24, 2.45) is 23.7 Å². The van der Waals surface area contributed by atoms with Gasteiger partial charge < -0.3 is 5.11 Å². The van der Waals surface area contributed by atoms with Gasteiger partial charge in [0.05, 0.1) is 5.92 Å². The van der Waals surface area contributed by atoms with Crippen molar-refractivity contribution in [1.82, 2.24) is 0 Å². The normalized spacial score (nSPS) is 15.7. The maximum Gasteiger partial charge on any atom is 0.306 e. The van der Waals surface area contributed by atoms with Crippen LogP contribution in [0.4, 0.5) is 0 Å². The molecular formula is C20H40O2. The molecule has 3 atom stereocenters. The molecule has 0 bridgehead atoms. The summed E-state index contributed by atoms with van der Waals surface area (Å²) in [7, 11) is 0. The van der Waals surface area contributed by atoms with Gasteiger partial charge >= 0.3 is 5.97 Å². The molecule has 0 heterocycles. The van der Waals surface area contributed by atoms with Crippen molar-refractivity contribution in [2.45, 2.75) is 98.8 Å². The predicted octanol–water partition coefficient (Wildman–Crippen LogP) is 6.54. The Morgan fingerprint density at radius 1 is 0.864 bits per heavy atom. The first-order valence-corrected chi connectivity index (χ1v) is 9.63. The van der Waals surface area contributed by atoms with E-state index in [0.29, 0.717) is 11.8 Å². The second kappa shape index (κ2) is 13.0. The van der Waals surface area contributed by atoms with Crippen LogP contribution < -0.4 is 0 Å². The molecule has 22 heavy (non-hydrogen) atoms. The van der Waals surface area contributed by atoms with Crippen LogP contribution in [-0.2, 0) is 4.79 Å². The van der Waals surface area contributed by atoms with Crippen molar-refractivity contribution in [2.75, 3.05) is 0 Å². The highest BCUT2D eigenvalue weighted by Crippen LogP contribution is 2.28. The molecule has 0 saturated heterocycles. The van der Waals surface area contributed by atoms with E-state index in [2.05, 4.69) is 34.6 Å². The van der Waals surface area contributed by atoms with Crippen LogP contribution in [0.3, 0.4) is 0 Å². The van der Waals surface area contributed by atoms with Crippen LogP contribution in [0, 0.1) is 23.7 Å². The number of carbonyl (C=O) groups is 1. The summed E-state index contributed by atoms with van der Waals surface area (Å²) in [5.41, 5.74) is 0. The molecule has 1 N–H and O–H groups in total. The number of aliphatic carboxylic acids is 1. The standard InChI is InChI=1S/C20H40O2/c1-6-8-10-18(9-7-2)15-19(20(21)22)14-13-17(5)12-11-16(3)4/h16-19H,6-15H2,1-5H3,(H,21,22). The second-order valence-electron chi connectivity index (χ2n) is 7.72. The maximum absolute atomic E-state index is 11.6. The molecular weight excluding hydrogens is 272 g/mol. The molecule has 3 unspecified atom stereocenters. The van der Waals surface area contributed by atoms with Crippen LogP contribution in [0.1, 0.15) is 98.8 Å². The lowest BCUT2D eigenvalue weighted by molar-refractivity contribution is -0.142. The number of unbranched alkanes of at least 4 members (excludes halogenated alkanes) is 1. The molecule has 2 heteroatoms. The van der Waals surface area contributed by atoms with Crippen LogP contribution in [0.2, 0.25) is 0 Å². The first-order chi connectivity index (χ1) is 10.4. The van der Waals surface area contributed by atoms with E-state index < -0.39 is 5.97 Å². The van der Waals surface area contributed by atoms with Gasteiger partial charge in [-0.05, 0) is 37.0 Å². The highest BCUT2D eigenvalue weighted by Gasteiger charge is 2.22. The van der Waals surface area contributed by atoms with Crippen molar-refractivity contribution >= 4 is 5.97 Å². The van der Waals surface area contributed by atoms with E-state index in [0.717, 1.165) is 25.2 Å². The van der Waals surface area contributed by atoms with Crippen molar-refractivity contribution in [3.05, 3.63) is 0 Å². The van der Waals surface area contributed by atoms with Crippen LogP contribution in [0.25, 0.3) is 0 Å². The van der Waals surface area contributed by atoms with Gasteiger partial charge in [-0.1, -0.05) is 79.6 Å². The largest absolute Gasteiger partial charge is 0.481 e. The van der Waals surface area contributed by atoms with Gasteiger partial charge in [-0.3, -0.25) is 4.79 Å². The fraction of sp³-hybridized carbons (Fsp3) is 0.950. The van der Waals surface area contributed by atoms with Crippen LogP contribution in [-0.4, -0.2) is 11.1 Å². The third-order valence-corrected chi connectivity index (χ3v) is 4.87. The number of hydrogen-bond acceptors (Lipinski definition) is 1. The van der Waals surface area contributed by atoms with E-state index >= 15 is 0 Å². The van der Waals surface area contributed by atoms with Crippen LogP contribution in [0.15, 0.2) is 0 Å². The Morgan fingerprint density at radius 2 is 1.50 bits per heavy atom. The molecule has 0 rings (SSSR count). The molecule has 0 aliphatic rings. The zero-order valence-corrected chi connectivity index (χ0v) is 15.7. The smallest absolute Gasteiger partial charge is 0.306 e. The van der Waals surface area contributed by atoms with Crippen LogP contribution in [0.5, 0.6) is 0 Å². The topological polar surface area (TPSA) is 37.3 Å². The summed E-state index contributed by atoms with van der Waals surface area (Å²) in [6.07, 6.45) is 11.3. The fourth-order valence-electron chi connectivity index (χ4n) is 3.27. The summed E-state index contributed by atoms with van der Waals surface area (Å²) in [5, 5.41) is 9.55. The SMILES string of the molecule is CCCCC(CCC)CC(CCC(C)CCC(C)C)C(=O)O. The Bertz CT molecular complexity index is 273. The van der Waals surface area contributed by atoms with E-state index in [9.17, 15) is 9.90 Å². The second-order valence-corrected chi connectivity index (χ2v) is 7.72. The molecule has 0 aromatic carbocycles. The van der Waals surface area contributed by atoms with E-state index in [1.807, 2.05) is 0 Å². The highest BCUT2D eigenvalue weighted by atomic mass is 16.4. The molecule has 2 nitrogen and oxygen atoms in total. The highest BCUT2D eigenvalue weighted by molar-refractivity contribution is 5.69. The lowest BCUT2D eigenvalue weighted by Gasteiger charge is -2.22. The molecule has 0 spiro atoms. The minimum absolute atomic E-state index is 0.130.